The quantitative estimate of drug-likeness (QED) is 0.292. The second-order valence-corrected chi connectivity index (χ2v) is 9.74. The van der Waals surface area contributed by atoms with Gasteiger partial charge in [0.2, 0.25) is 0 Å². The van der Waals surface area contributed by atoms with E-state index in [-0.39, 0.29) is 17.5 Å². The fraction of sp³-hybridized carbons (Fsp3) is 0.276. The van der Waals surface area contributed by atoms with E-state index in [1.165, 1.54) is 6.33 Å². The molecule has 2 aromatic heterocycles. The van der Waals surface area contributed by atoms with Crippen LogP contribution in [0.2, 0.25) is 0 Å². The second kappa shape index (κ2) is 9.98. The van der Waals surface area contributed by atoms with E-state index in [9.17, 15) is 10.1 Å². The number of hydrogen-bond donors (Lipinski definition) is 1. The lowest BCUT2D eigenvalue weighted by Gasteiger charge is -2.32. The average Bonchev–Trinajstić information content (AvgIpc) is 3.70. The smallest absolute Gasteiger partial charge is 0.264 e. The maximum Gasteiger partial charge on any atom is 0.264 e. The number of benzene rings is 2. The second-order valence-electron chi connectivity index (χ2n) is 9.74. The predicted molar refractivity (Wildman–Crippen MR) is 143 cm³/mol. The molecule has 1 aliphatic carbocycles. The topological polar surface area (TPSA) is 123 Å². The number of ether oxygens (including phenoxy) is 1. The van der Waals surface area contributed by atoms with Gasteiger partial charge in [-0.3, -0.25) is 4.79 Å². The Hall–Kier alpha value is -4.71. The number of allylic oxidation sites excluding steroid dienone is 1. The zero-order chi connectivity index (χ0) is 26.1. The number of carbonyl (C=O) groups is 1. The number of nitrogen functional groups attached to an aromatic ring is 1. The third kappa shape index (κ3) is 4.68. The summed E-state index contributed by atoms with van der Waals surface area (Å²) in [6.07, 6.45) is 6.82. The number of fused-ring (bicyclic) bond motifs is 1. The number of amides is 1. The predicted octanol–water partition coefficient (Wildman–Crippen LogP) is 4.89. The van der Waals surface area contributed by atoms with E-state index >= 15 is 0 Å². The third-order valence-corrected chi connectivity index (χ3v) is 7.10. The molecule has 3 heterocycles. The highest BCUT2D eigenvalue weighted by atomic mass is 16.5. The van der Waals surface area contributed by atoms with Crippen molar-refractivity contribution in [2.24, 2.45) is 5.92 Å². The van der Waals surface area contributed by atoms with E-state index in [0.29, 0.717) is 54.4 Å². The standard InChI is InChI=1S/C29H27N7O2/c30-17-21(16-19-6-7-19)29(37)35-14-12-22(13-15-35)36-28-25(27(31)32-18-33-28)26(34-36)20-8-10-24(11-9-20)38-23-4-2-1-3-5-23/h1-5,8-11,16,18-19,22H,6-7,12-15H2,(H2,31,32,33). The Labute approximate surface area is 220 Å². The van der Waals surface area contributed by atoms with Crippen LogP contribution >= 0.6 is 0 Å². The minimum atomic E-state index is -0.173. The van der Waals surface area contributed by atoms with Crippen LogP contribution in [0.15, 0.2) is 72.6 Å². The molecule has 0 atom stereocenters. The van der Waals surface area contributed by atoms with Crippen LogP contribution in [0.3, 0.4) is 0 Å². The first-order valence-corrected chi connectivity index (χ1v) is 12.8. The van der Waals surface area contributed by atoms with Gasteiger partial charge in [-0.05, 0) is 68.0 Å². The molecule has 2 N–H and O–H groups in total. The van der Waals surface area contributed by atoms with Crippen LogP contribution in [0.4, 0.5) is 5.82 Å². The molecular weight excluding hydrogens is 478 g/mol. The third-order valence-electron chi connectivity index (χ3n) is 7.10. The monoisotopic (exact) mass is 505 g/mol. The minimum Gasteiger partial charge on any atom is -0.457 e. The molecule has 0 radical (unpaired) electrons. The first-order chi connectivity index (χ1) is 18.6. The Morgan fingerprint density at radius 1 is 1.00 bits per heavy atom. The fourth-order valence-electron chi connectivity index (χ4n) is 4.90. The number of hydrogen-bond acceptors (Lipinski definition) is 7. The van der Waals surface area contributed by atoms with E-state index in [1.807, 2.05) is 65.4 Å². The Kier molecular flexibility index (Phi) is 6.22. The van der Waals surface area contributed by atoms with Gasteiger partial charge < -0.3 is 15.4 Å². The van der Waals surface area contributed by atoms with E-state index in [2.05, 4.69) is 16.0 Å². The summed E-state index contributed by atoms with van der Waals surface area (Å²) in [6, 6.07) is 19.5. The number of nitrogens with zero attached hydrogens (tertiary/aromatic N) is 6. The zero-order valence-corrected chi connectivity index (χ0v) is 20.8. The Bertz CT molecular complexity index is 1540. The van der Waals surface area contributed by atoms with Crippen molar-refractivity contribution in [3.8, 4) is 28.8 Å². The molecule has 190 valence electrons. The largest absolute Gasteiger partial charge is 0.457 e. The van der Waals surface area contributed by atoms with E-state index in [1.54, 1.807) is 4.90 Å². The maximum atomic E-state index is 12.9. The van der Waals surface area contributed by atoms with Gasteiger partial charge in [-0.1, -0.05) is 24.3 Å². The van der Waals surface area contributed by atoms with Gasteiger partial charge in [0, 0.05) is 18.7 Å². The van der Waals surface area contributed by atoms with E-state index in [0.717, 1.165) is 29.9 Å². The summed E-state index contributed by atoms with van der Waals surface area (Å²) < 4.78 is 7.85. The maximum absolute atomic E-state index is 12.9. The number of anilines is 1. The van der Waals surface area contributed by atoms with Gasteiger partial charge in [-0.25, -0.2) is 14.6 Å². The first-order valence-electron chi connectivity index (χ1n) is 12.8. The number of para-hydroxylation sites is 1. The van der Waals surface area contributed by atoms with Gasteiger partial charge in [0.25, 0.3) is 5.91 Å². The van der Waals surface area contributed by atoms with Crippen LogP contribution in [-0.4, -0.2) is 43.6 Å². The molecule has 0 spiro atoms. The molecule has 1 aliphatic heterocycles. The van der Waals surface area contributed by atoms with Crippen molar-refractivity contribution in [3.63, 3.8) is 0 Å². The molecule has 4 aromatic rings. The summed E-state index contributed by atoms with van der Waals surface area (Å²) in [6.45, 7) is 1.10. The van der Waals surface area contributed by atoms with Crippen LogP contribution in [0.1, 0.15) is 31.7 Å². The SMILES string of the molecule is N#CC(=CC1CC1)C(=O)N1CCC(n2nc(-c3ccc(Oc4ccccc4)cc3)c3c(N)ncnc32)CC1. The highest BCUT2D eigenvalue weighted by molar-refractivity contribution is 5.98. The minimum absolute atomic E-state index is 0.0447. The Morgan fingerprint density at radius 2 is 1.71 bits per heavy atom. The van der Waals surface area contributed by atoms with Crippen molar-refractivity contribution in [2.75, 3.05) is 18.8 Å². The van der Waals surface area contributed by atoms with Crippen molar-refractivity contribution in [1.82, 2.24) is 24.6 Å². The number of likely N-dealkylation sites (tertiary alicyclic amines) is 1. The lowest BCUT2D eigenvalue weighted by molar-refractivity contribution is -0.128. The van der Waals surface area contributed by atoms with E-state index in [4.69, 9.17) is 15.6 Å². The number of rotatable bonds is 6. The number of aromatic nitrogens is 4. The molecule has 1 amide bonds. The molecule has 9 heteroatoms. The summed E-state index contributed by atoms with van der Waals surface area (Å²) >= 11 is 0. The zero-order valence-electron chi connectivity index (χ0n) is 20.8. The molecule has 6 rings (SSSR count). The fourth-order valence-corrected chi connectivity index (χ4v) is 4.90. The van der Waals surface area contributed by atoms with Crippen molar-refractivity contribution in [2.45, 2.75) is 31.7 Å². The van der Waals surface area contributed by atoms with Crippen molar-refractivity contribution < 1.29 is 9.53 Å². The molecule has 1 saturated heterocycles. The lowest BCUT2D eigenvalue weighted by Crippen LogP contribution is -2.39. The lowest BCUT2D eigenvalue weighted by atomic mass is 10.0. The summed E-state index contributed by atoms with van der Waals surface area (Å²) in [5, 5.41) is 15.1. The van der Waals surface area contributed by atoms with Gasteiger partial charge in [0.1, 0.15) is 41.0 Å². The molecule has 0 bridgehead atoms. The molecular formula is C29H27N7O2. The van der Waals surface area contributed by atoms with Gasteiger partial charge in [-0.2, -0.15) is 10.4 Å². The Balaban J connectivity index is 1.24. The normalized spacial score (nSPS) is 16.4. The number of piperidine rings is 1. The molecule has 9 nitrogen and oxygen atoms in total. The molecule has 1 saturated carbocycles. The van der Waals surface area contributed by atoms with Crippen LogP contribution in [0.25, 0.3) is 22.3 Å². The van der Waals surface area contributed by atoms with Gasteiger partial charge >= 0.3 is 0 Å². The van der Waals surface area contributed by atoms with Crippen molar-refractivity contribution in [1.29, 1.82) is 5.26 Å². The van der Waals surface area contributed by atoms with Crippen molar-refractivity contribution in [3.05, 3.63) is 72.6 Å². The number of carbonyl (C=O) groups excluding carboxylic acids is 1. The molecule has 2 aromatic carbocycles. The highest BCUT2D eigenvalue weighted by Crippen LogP contribution is 2.36. The van der Waals surface area contributed by atoms with Crippen LogP contribution in [0.5, 0.6) is 11.5 Å². The summed E-state index contributed by atoms with van der Waals surface area (Å²) in [5.41, 5.74) is 8.83. The average molecular weight is 506 g/mol. The molecule has 2 fully saturated rings. The van der Waals surface area contributed by atoms with Gasteiger partial charge in [0.05, 0.1) is 11.4 Å². The molecule has 0 unspecified atom stereocenters. The number of nitriles is 1. The Morgan fingerprint density at radius 3 is 2.39 bits per heavy atom. The van der Waals surface area contributed by atoms with Crippen LogP contribution < -0.4 is 10.5 Å². The van der Waals surface area contributed by atoms with Crippen LogP contribution in [0, 0.1) is 17.2 Å². The first kappa shape index (κ1) is 23.7. The summed E-state index contributed by atoms with van der Waals surface area (Å²) in [4.78, 5) is 23.4. The van der Waals surface area contributed by atoms with Crippen molar-refractivity contribution >= 4 is 22.8 Å². The van der Waals surface area contributed by atoms with Crippen LogP contribution in [-0.2, 0) is 4.79 Å². The molecule has 2 aliphatic rings. The summed E-state index contributed by atoms with van der Waals surface area (Å²) in [7, 11) is 0. The summed E-state index contributed by atoms with van der Waals surface area (Å²) in [5.74, 6) is 2.06. The van der Waals surface area contributed by atoms with Gasteiger partial charge in [0.15, 0.2) is 5.65 Å². The molecule has 38 heavy (non-hydrogen) atoms. The van der Waals surface area contributed by atoms with Gasteiger partial charge in [-0.15, -0.1) is 0 Å². The number of nitrogens with two attached hydrogens (primary N) is 1. The van der Waals surface area contributed by atoms with E-state index < -0.39 is 0 Å². The highest BCUT2D eigenvalue weighted by Gasteiger charge is 2.30.